The summed E-state index contributed by atoms with van der Waals surface area (Å²) in [5.74, 6) is 1.000. The lowest BCUT2D eigenvalue weighted by Gasteiger charge is -2.17. The van der Waals surface area contributed by atoms with E-state index in [-0.39, 0.29) is 6.61 Å². The molecule has 0 radical (unpaired) electrons. The first-order valence-electron chi connectivity index (χ1n) is 5.72. The first kappa shape index (κ1) is 12.4. The molecule has 1 aromatic heterocycles. The van der Waals surface area contributed by atoms with Crippen LogP contribution in [0.15, 0.2) is 40.8 Å². The number of benzene rings is 1. The van der Waals surface area contributed by atoms with Gasteiger partial charge >= 0.3 is 0 Å². The van der Waals surface area contributed by atoms with E-state index in [4.69, 9.17) is 9.52 Å². The second-order valence-electron chi connectivity index (χ2n) is 4.01. The van der Waals surface area contributed by atoms with Crippen LogP contribution in [0.25, 0.3) is 11.3 Å². The number of nitrogens with zero attached hydrogens (tertiary/aromatic N) is 1. The number of carbonyl (C=O) groups excluding carboxylic acids is 1. The van der Waals surface area contributed by atoms with Crippen molar-refractivity contribution in [3.8, 4) is 11.3 Å². The Bertz CT molecular complexity index is 516. The van der Waals surface area contributed by atoms with Crippen molar-refractivity contribution in [2.75, 3.05) is 25.1 Å². The van der Waals surface area contributed by atoms with Gasteiger partial charge in [0.1, 0.15) is 5.76 Å². The first-order valence-corrected chi connectivity index (χ1v) is 5.72. The van der Waals surface area contributed by atoms with Gasteiger partial charge in [0, 0.05) is 24.8 Å². The Balaban J connectivity index is 2.19. The zero-order chi connectivity index (χ0) is 13.0. The topological polar surface area (TPSA) is 53.7 Å². The number of carbonyl (C=O) groups is 1. The number of furan rings is 1. The molecule has 0 saturated heterocycles. The Morgan fingerprint density at radius 1 is 1.22 bits per heavy atom. The van der Waals surface area contributed by atoms with Gasteiger partial charge in [-0.05, 0) is 36.4 Å². The fourth-order valence-electron chi connectivity index (χ4n) is 1.73. The van der Waals surface area contributed by atoms with Gasteiger partial charge in [0.05, 0.1) is 6.61 Å². The van der Waals surface area contributed by atoms with Crippen molar-refractivity contribution in [1.29, 1.82) is 0 Å². The standard InChI is InChI=1S/C14H15NO3/c1-15(8-9-16)12-4-2-11(3-5-12)14-7-6-13(10-17)18-14/h2-7,10,16H,8-9H2,1H3. The summed E-state index contributed by atoms with van der Waals surface area (Å²) >= 11 is 0. The third-order valence-corrected chi connectivity index (χ3v) is 2.77. The van der Waals surface area contributed by atoms with Crippen molar-refractivity contribution >= 4 is 12.0 Å². The van der Waals surface area contributed by atoms with E-state index in [1.165, 1.54) is 0 Å². The largest absolute Gasteiger partial charge is 0.453 e. The Morgan fingerprint density at radius 2 is 1.94 bits per heavy atom. The third kappa shape index (κ3) is 2.60. The molecule has 4 heteroatoms. The van der Waals surface area contributed by atoms with Crippen LogP contribution in [0.1, 0.15) is 10.6 Å². The molecule has 1 aromatic carbocycles. The van der Waals surface area contributed by atoms with Gasteiger partial charge in [-0.2, -0.15) is 0 Å². The van der Waals surface area contributed by atoms with Gasteiger partial charge in [0.2, 0.25) is 0 Å². The monoisotopic (exact) mass is 245 g/mol. The van der Waals surface area contributed by atoms with Crippen LogP contribution in [0.2, 0.25) is 0 Å². The molecule has 0 atom stereocenters. The van der Waals surface area contributed by atoms with E-state index in [2.05, 4.69) is 0 Å². The van der Waals surface area contributed by atoms with Crippen molar-refractivity contribution in [2.24, 2.45) is 0 Å². The summed E-state index contributed by atoms with van der Waals surface area (Å²) in [6.45, 7) is 0.717. The molecule has 94 valence electrons. The summed E-state index contributed by atoms with van der Waals surface area (Å²) in [6.07, 6.45) is 0.687. The van der Waals surface area contributed by atoms with Gasteiger partial charge in [0.15, 0.2) is 12.0 Å². The molecule has 2 rings (SSSR count). The SMILES string of the molecule is CN(CCO)c1ccc(-c2ccc(C=O)o2)cc1. The highest BCUT2D eigenvalue weighted by Crippen LogP contribution is 2.24. The van der Waals surface area contributed by atoms with Gasteiger partial charge in [-0.15, -0.1) is 0 Å². The van der Waals surface area contributed by atoms with E-state index in [9.17, 15) is 4.79 Å². The van der Waals surface area contributed by atoms with Crippen molar-refractivity contribution in [3.05, 3.63) is 42.2 Å². The van der Waals surface area contributed by atoms with Crippen LogP contribution in [-0.2, 0) is 0 Å². The molecule has 18 heavy (non-hydrogen) atoms. The molecule has 0 saturated carbocycles. The maximum Gasteiger partial charge on any atom is 0.185 e. The highest BCUT2D eigenvalue weighted by Gasteiger charge is 2.05. The molecule has 0 aliphatic heterocycles. The smallest absolute Gasteiger partial charge is 0.185 e. The summed E-state index contributed by atoms with van der Waals surface area (Å²) < 4.78 is 5.35. The van der Waals surface area contributed by atoms with Gasteiger partial charge in [-0.1, -0.05) is 0 Å². The Hall–Kier alpha value is -2.07. The molecule has 1 N–H and O–H groups in total. The molecule has 0 fully saturated rings. The van der Waals surface area contributed by atoms with E-state index in [0.29, 0.717) is 24.4 Å². The van der Waals surface area contributed by atoms with Crippen LogP contribution < -0.4 is 4.90 Å². The molecule has 0 aliphatic rings. The quantitative estimate of drug-likeness (QED) is 0.820. The maximum absolute atomic E-state index is 10.5. The summed E-state index contributed by atoms with van der Waals surface area (Å²) in [6, 6.07) is 11.2. The molecule has 0 unspecified atom stereocenters. The minimum Gasteiger partial charge on any atom is -0.453 e. The third-order valence-electron chi connectivity index (χ3n) is 2.77. The van der Waals surface area contributed by atoms with Crippen molar-refractivity contribution in [2.45, 2.75) is 0 Å². The molecule has 0 aliphatic carbocycles. The van der Waals surface area contributed by atoms with Crippen LogP contribution in [0.3, 0.4) is 0 Å². The Labute approximate surface area is 105 Å². The predicted octanol–water partition coefficient (Wildman–Crippen LogP) is 2.19. The van der Waals surface area contributed by atoms with E-state index in [0.717, 1.165) is 11.3 Å². The zero-order valence-electron chi connectivity index (χ0n) is 10.2. The second-order valence-corrected chi connectivity index (χ2v) is 4.01. The fraction of sp³-hybridized carbons (Fsp3) is 0.214. The molecule has 4 nitrogen and oxygen atoms in total. The maximum atomic E-state index is 10.5. The molecular formula is C14H15NO3. The highest BCUT2D eigenvalue weighted by atomic mass is 16.3. The summed E-state index contributed by atoms with van der Waals surface area (Å²) in [5, 5.41) is 8.87. The van der Waals surface area contributed by atoms with Gasteiger partial charge < -0.3 is 14.4 Å². The highest BCUT2D eigenvalue weighted by molar-refractivity contribution is 5.73. The van der Waals surface area contributed by atoms with Crippen molar-refractivity contribution in [1.82, 2.24) is 0 Å². The average Bonchev–Trinajstić information content (AvgIpc) is 2.88. The molecular weight excluding hydrogens is 230 g/mol. The summed E-state index contributed by atoms with van der Waals surface area (Å²) in [5.41, 5.74) is 1.94. The lowest BCUT2D eigenvalue weighted by atomic mass is 10.1. The Kier molecular flexibility index (Phi) is 3.79. The lowest BCUT2D eigenvalue weighted by Crippen LogP contribution is -2.20. The normalized spacial score (nSPS) is 10.3. The number of rotatable bonds is 5. The molecule has 0 spiro atoms. The van der Waals surface area contributed by atoms with Crippen LogP contribution in [-0.4, -0.2) is 31.6 Å². The van der Waals surface area contributed by atoms with Crippen LogP contribution >= 0.6 is 0 Å². The lowest BCUT2D eigenvalue weighted by molar-refractivity contribution is 0.110. The van der Waals surface area contributed by atoms with E-state index in [1.807, 2.05) is 36.2 Å². The average molecular weight is 245 g/mol. The number of likely N-dealkylation sites (N-methyl/N-ethyl adjacent to an activating group) is 1. The predicted molar refractivity (Wildman–Crippen MR) is 69.9 cm³/mol. The summed E-state index contributed by atoms with van der Waals surface area (Å²) in [4.78, 5) is 12.5. The van der Waals surface area contributed by atoms with Crippen molar-refractivity contribution < 1.29 is 14.3 Å². The summed E-state index contributed by atoms with van der Waals surface area (Å²) in [7, 11) is 1.92. The Morgan fingerprint density at radius 3 is 2.50 bits per heavy atom. The first-order chi connectivity index (χ1) is 8.74. The van der Waals surface area contributed by atoms with Crippen molar-refractivity contribution in [3.63, 3.8) is 0 Å². The van der Waals surface area contributed by atoms with E-state index in [1.54, 1.807) is 12.1 Å². The minimum atomic E-state index is 0.124. The van der Waals surface area contributed by atoms with E-state index >= 15 is 0 Å². The molecule has 0 amide bonds. The number of aliphatic hydroxyl groups excluding tert-OH is 1. The number of hydrogen-bond acceptors (Lipinski definition) is 4. The molecule has 2 aromatic rings. The number of aliphatic hydroxyl groups is 1. The minimum absolute atomic E-state index is 0.124. The van der Waals surface area contributed by atoms with Gasteiger partial charge in [-0.3, -0.25) is 4.79 Å². The van der Waals surface area contributed by atoms with Crippen LogP contribution in [0, 0.1) is 0 Å². The van der Waals surface area contributed by atoms with Gasteiger partial charge in [-0.25, -0.2) is 0 Å². The fourth-order valence-corrected chi connectivity index (χ4v) is 1.73. The zero-order valence-corrected chi connectivity index (χ0v) is 10.2. The number of aldehydes is 1. The van der Waals surface area contributed by atoms with Crippen LogP contribution in [0.4, 0.5) is 5.69 Å². The second kappa shape index (κ2) is 5.51. The van der Waals surface area contributed by atoms with Gasteiger partial charge in [0.25, 0.3) is 0 Å². The van der Waals surface area contributed by atoms with Crippen LogP contribution in [0.5, 0.6) is 0 Å². The number of hydrogen-bond donors (Lipinski definition) is 1. The number of anilines is 1. The molecule has 1 heterocycles. The van der Waals surface area contributed by atoms with E-state index < -0.39 is 0 Å². The molecule has 0 bridgehead atoms.